The Morgan fingerprint density at radius 1 is 1.09 bits per heavy atom. The molecule has 0 radical (unpaired) electrons. The molecule has 9 nitrogen and oxygen atoms in total. The highest BCUT2D eigenvalue weighted by molar-refractivity contribution is 6.06. The molecule has 32 heavy (non-hydrogen) atoms. The molecule has 3 amide bonds. The van der Waals surface area contributed by atoms with E-state index < -0.39 is 17.9 Å². The smallest absolute Gasteiger partial charge is 0.252 e. The Hall–Kier alpha value is -2.78. The molecule has 1 unspecified atom stereocenters. The monoisotopic (exact) mass is 441 g/mol. The third kappa shape index (κ3) is 5.34. The highest BCUT2D eigenvalue weighted by Gasteiger charge is 2.29. The van der Waals surface area contributed by atoms with Gasteiger partial charge in [-0.3, -0.25) is 29.4 Å². The Bertz CT molecular complexity index is 875. The van der Waals surface area contributed by atoms with Gasteiger partial charge in [-0.25, -0.2) is 0 Å². The van der Waals surface area contributed by atoms with Crippen molar-refractivity contribution < 1.29 is 19.2 Å². The number of nitrogens with zero attached hydrogens (tertiary/aromatic N) is 2. The van der Waals surface area contributed by atoms with Crippen molar-refractivity contribution in [2.75, 3.05) is 50.7 Å². The van der Waals surface area contributed by atoms with Crippen LogP contribution in [0.3, 0.4) is 0 Å². The predicted molar refractivity (Wildman–Crippen MR) is 120 cm³/mol. The number of anilines is 1. The summed E-state index contributed by atoms with van der Waals surface area (Å²) in [6.45, 7) is 7.10. The second kappa shape index (κ2) is 10.2. The minimum atomic E-state index is -0.771. The molecule has 3 fully saturated rings. The normalized spacial score (nSPS) is 23.0. The van der Waals surface area contributed by atoms with E-state index in [9.17, 15) is 19.2 Å². The molecule has 0 spiro atoms. The van der Waals surface area contributed by atoms with E-state index in [1.807, 2.05) is 6.07 Å². The largest absolute Gasteiger partial charge is 0.369 e. The van der Waals surface area contributed by atoms with Crippen molar-refractivity contribution in [3.63, 3.8) is 0 Å². The quantitative estimate of drug-likeness (QED) is 0.426. The van der Waals surface area contributed by atoms with Crippen LogP contribution in [0, 0.1) is 5.92 Å². The maximum atomic E-state index is 12.7. The Kier molecular flexibility index (Phi) is 7.16. The van der Waals surface area contributed by atoms with Gasteiger partial charge in [0.15, 0.2) is 6.29 Å². The van der Waals surface area contributed by atoms with Gasteiger partial charge in [0.25, 0.3) is 5.91 Å². The Morgan fingerprint density at radius 3 is 2.53 bits per heavy atom. The summed E-state index contributed by atoms with van der Waals surface area (Å²) >= 11 is 0. The van der Waals surface area contributed by atoms with E-state index >= 15 is 0 Å². The van der Waals surface area contributed by atoms with Crippen molar-refractivity contribution in [2.45, 2.75) is 31.7 Å². The average molecular weight is 442 g/mol. The first kappa shape index (κ1) is 22.4. The van der Waals surface area contributed by atoms with Gasteiger partial charge in [0, 0.05) is 56.0 Å². The molecule has 3 aliphatic heterocycles. The minimum absolute atomic E-state index is 0.180. The lowest BCUT2D eigenvalue weighted by molar-refractivity contribution is -0.134. The molecule has 3 saturated heterocycles. The first-order valence-electron chi connectivity index (χ1n) is 11.5. The number of nitrogens with one attached hydrogen (secondary N) is 3. The molecule has 172 valence electrons. The summed E-state index contributed by atoms with van der Waals surface area (Å²) in [5, 5.41) is 8.27. The van der Waals surface area contributed by atoms with E-state index in [1.165, 1.54) is 12.8 Å². The summed E-state index contributed by atoms with van der Waals surface area (Å²) in [6, 6.07) is 4.47. The van der Waals surface area contributed by atoms with Crippen LogP contribution in [-0.4, -0.2) is 80.8 Å². The van der Waals surface area contributed by atoms with E-state index in [0.29, 0.717) is 11.8 Å². The van der Waals surface area contributed by atoms with Crippen LogP contribution in [-0.2, 0) is 9.59 Å². The number of rotatable bonds is 6. The van der Waals surface area contributed by atoms with E-state index in [0.717, 1.165) is 57.4 Å². The molecular formula is C23H31N5O4. The van der Waals surface area contributed by atoms with Crippen molar-refractivity contribution >= 4 is 29.7 Å². The Morgan fingerprint density at radius 2 is 1.84 bits per heavy atom. The van der Waals surface area contributed by atoms with E-state index in [-0.39, 0.29) is 24.3 Å². The van der Waals surface area contributed by atoms with Crippen LogP contribution in [0.2, 0.25) is 0 Å². The van der Waals surface area contributed by atoms with Crippen LogP contribution in [0.25, 0.3) is 0 Å². The van der Waals surface area contributed by atoms with Gasteiger partial charge in [0.2, 0.25) is 11.8 Å². The molecule has 1 atom stereocenters. The molecule has 0 saturated carbocycles. The fourth-order valence-corrected chi connectivity index (χ4v) is 4.74. The molecule has 0 aromatic heterocycles. The molecule has 4 rings (SSSR count). The molecule has 1 aromatic rings. The topological polar surface area (TPSA) is 111 Å². The van der Waals surface area contributed by atoms with Gasteiger partial charge in [-0.05, 0) is 56.5 Å². The summed E-state index contributed by atoms with van der Waals surface area (Å²) in [5.74, 6) is -0.568. The van der Waals surface area contributed by atoms with Gasteiger partial charge in [-0.1, -0.05) is 0 Å². The molecular weight excluding hydrogens is 410 g/mol. The van der Waals surface area contributed by atoms with Crippen LogP contribution in [0.5, 0.6) is 0 Å². The number of hydrogen-bond donors (Lipinski definition) is 3. The van der Waals surface area contributed by atoms with Crippen LogP contribution in [0.15, 0.2) is 18.2 Å². The van der Waals surface area contributed by atoms with Gasteiger partial charge in [-0.15, -0.1) is 0 Å². The number of aldehydes is 1. The summed E-state index contributed by atoms with van der Waals surface area (Å²) in [6.07, 6.45) is 3.60. The van der Waals surface area contributed by atoms with E-state index in [2.05, 4.69) is 25.8 Å². The van der Waals surface area contributed by atoms with Crippen LogP contribution in [0.1, 0.15) is 46.4 Å². The van der Waals surface area contributed by atoms with Crippen LogP contribution >= 0.6 is 0 Å². The van der Waals surface area contributed by atoms with Crippen molar-refractivity contribution in [1.82, 2.24) is 20.9 Å². The molecule has 0 aliphatic carbocycles. The third-order valence-corrected chi connectivity index (χ3v) is 6.66. The molecule has 0 bridgehead atoms. The lowest BCUT2D eigenvalue weighted by Crippen LogP contribution is -2.52. The average Bonchev–Trinajstić information content (AvgIpc) is 2.81. The number of imide groups is 1. The van der Waals surface area contributed by atoms with E-state index in [1.54, 1.807) is 12.1 Å². The molecule has 1 aromatic carbocycles. The zero-order valence-electron chi connectivity index (χ0n) is 18.3. The SMILES string of the molecule is O=Cc1cc(N2CCN(CC3CCNCC3)CC2)ccc1C(=O)NC1CCC(=O)NC1=O. The Labute approximate surface area is 187 Å². The van der Waals surface area contributed by atoms with Crippen molar-refractivity contribution in [2.24, 2.45) is 5.92 Å². The number of benzene rings is 1. The fourth-order valence-electron chi connectivity index (χ4n) is 4.74. The maximum absolute atomic E-state index is 12.7. The lowest BCUT2D eigenvalue weighted by atomic mass is 9.97. The first-order valence-corrected chi connectivity index (χ1v) is 11.5. The zero-order valence-corrected chi connectivity index (χ0v) is 18.3. The number of carbonyl (C=O) groups is 4. The highest BCUT2D eigenvalue weighted by atomic mass is 16.2. The van der Waals surface area contributed by atoms with Gasteiger partial charge >= 0.3 is 0 Å². The summed E-state index contributed by atoms with van der Waals surface area (Å²) in [7, 11) is 0. The molecule has 3 aliphatic rings. The van der Waals surface area contributed by atoms with Crippen molar-refractivity contribution in [3.8, 4) is 0 Å². The number of hydrogen-bond acceptors (Lipinski definition) is 7. The van der Waals surface area contributed by atoms with Crippen LogP contribution in [0.4, 0.5) is 5.69 Å². The molecule has 3 N–H and O–H groups in total. The molecule has 9 heteroatoms. The Balaban J connectivity index is 1.35. The number of carbonyl (C=O) groups excluding carboxylic acids is 4. The van der Waals surface area contributed by atoms with E-state index in [4.69, 9.17) is 0 Å². The minimum Gasteiger partial charge on any atom is -0.369 e. The summed E-state index contributed by atoms with van der Waals surface area (Å²) in [5.41, 5.74) is 1.45. The molecule has 3 heterocycles. The first-order chi connectivity index (χ1) is 15.5. The summed E-state index contributed by atoms with van der Waals surface area (Å²) < 4.78 is 0. The highest BCUT2D eigenvalue weighted by Crippen LogP contribution is 2.22. The van der Waals surface area contributed by atoms with Crippen LogP contribution < -0.4 is 20.9 Å². The van der Waals surface area contributed by atoms with Gasteiger partial charge in [0.1, 0.15) is 6.04 Å². The lowest BCUT2D eigenvalue weighted by Gasteiger charge is -2.38. The maximum Gasteiger partial charge on any atom is 0.252 e. The second-order valence-corrected chi connectivity index (χ2v) is 8.85. The summed E-state index contributed by atoms with van der Waals surface area (Å²) in [4.78, 5) is 52.3. The standard InChI is InChI=1S/C23H31N5O4/c29-15-17-13-18(28-11-9-27(10-12-28)14-16-5-7-24-8-6-16)1-2-19(17)22(31)25-20-3-4-21(30)26-23(20)32/h1-2,13,15-16,20,24H,3-12,14H2,(H,25,31)(H,26,30,32). The van der Waals surface area contributed by atoms with Gasteiger partial charge in [0.05, 0.1) is 0 Å². The third-order valence-electron chi connectivity index (χ3n) is 6.66. The van der Waals surface area contributed by atoms with Crippen molar-refractivity contribution in [3.05, 3.63) is 29.3 Å². The fraction of sp³-hybridized carbons (Fsp3) is 0.565. The van der Waals surface area contributed by atoms with Gasteiger partial charge in [-0.2, -0.15) is 0 Å². The number of piperazine rings is 1. The zero-order chi connectivity index (χ0) is 22.5. The van der Waals surface area contributed by atoms with Crippen molar-refractivity contribution in [1.29, 1.82) is 0 Å². The predicted octanol–water partition coefficient (Wildman–Crippen LogP) is 0.156. The second-order valence-electron chi connectivity index (χ2n) is 8.85. The number of piperidine rings is 2. The number of amides is 3. The van der Waals surface area contributed by atoms with Gasteiger partial charge < -0.3 is 15.5 Å².